The molecule has 0 atom stereocenters. The fraction of sp³-hybridized carbons (Fsp3) is 0.438. The van der Waals surface area contributed by atoms with E-state index < -0.39 is 0 Å². The number of hydrogen-bond acceptors (Lipinski definition) is 2. The third-order valence-electron chi connectivity index (χ3n) is 3.17. The maximum Gasteiger partial charge on any atom is 0.127 e. The van der Waals surface area contributed by atoms with Gasteiger partial charge in [-0.05, 0) is 24.1 Å². The number of rotatable bonds is 6. The van der Waals surface area contributed by atoms with Crippen LogP contribution in [0.5, 0.6) is 0 Å². The first-order chi connectivity index (χ1) is 9.60. The quantitative estimate of drug-likeness (QED) is 0.873. The summed E-state index contributed by atoms with van der Waals surface area (Å²) in [7, 11) is 0. The zero-order chi connectivity index (χ0) is 14.5. The Morgan fingerprint density at radius 1 is 1.30 bits per heavy atom. The van der Waals surface area contributed by atoms with E-state index in [2.05, 4.69) is 31.2 Å². The summed E-state index contributed by atoms with van der Waals surface area (Å²) in [6.07, 6.45) is 4.90. The van der Waals surface area contributed by atoms with Gasteiger partial charge in [-0.25, -0.2) is 4.39 Å². The number of benzene rings is 1. The van der Waals surface area contributed by atoms with Crippen molar-refractivity contribution >= 4 is 0 Å². The lowest BCUT2D eigenvalue weighted by molar-refractivity contribution is 0.553. The zero-order valence-electron chi connectivity index (χ0n) is 12.4. The van der Waals surface area contributed by atoms with E-state index in [0.717, 1.165) is 24.1 Å². The Hall–Kier alpha value is -1.68. The second kappa shape index (κ2) is 6.66. The van der Waals surface area contributed by atoms with Crippen molar-refractivity contribution in [2.24, 2.45) is 0 Å². The molecule has 108 valence electrons. The minimum Gasteiger partial charge on any atom is -0.310 e. The molecule has 1 heterocycles. The van der Waals surface area contributed by atoms with Crippen LogP contribution in [0.4, 0.5) is 4.39 Å². The second-order valence-electron chi connectivity index (χ2n) is 5.33. The Kier molecular flexibility index (Phi) is 4.90. The largest absolute Gasteiger partial charge is 0.310 e. The van der Waals surface area contributed by atoms with Crippen molar-refractivity contribution in [3.05, 3.63) is 42.0 Å². The SMILES string of the molecule is CCCn1cc(-c2ccc(F)c(CNC(C)C)c2)cn1. The zero-order valence-corrected chi connectivity index (χ0v) is 12.4. The molecule has 0 spiro atoms. The van der Waals surface area contributed by atoms with Crippen molar-refractivity contribution < 1.29 is 4.39 Å². The van der Waals surface area contributed by atoms with Gasteiger partial charge in [-0.3, -0.25) is 4.68 Å². The lowest BCUT2D eigenvalue weighted by Gasteiger charge is -2.10. The molecule has 20 heavy (non-hydrogen) atoms. The van der Waals surface area contributed by atoms with Crippen molar-refractivity contribution in [1.29, 1.82) is 0 Å². The van der Waals surface area contributed by atoms with Crippen molar-refractivity contribution in [1.82, 2.24) is 15.1 Å². The van der Waals surface area contributed by atoms with Crippen LogP contribution in [0, 0.1) is 5.82 Å². The van der Waals surface area contributed by atoms with Crippen LogP contribution >= 0.6 is 0 Å². The summed E-state index contributed by atoms with van der Waals surface area (Å²) in [6, 6.07) is 5.58. The minimum atomic E-state index is -0.164. The molecule has 0 saturated carbocycles. The van der Waals surface area contributed by atoms with E-state index in [0.29, 0.717) is 18.2 Å². The van der Waals surface area contributed by atoms with E-state index in [1.54, 1.807) is 0 Å². The molecule has 2 rings (SSSR count). The number of nitrogens with zero attached hydrogens (tertiary/aromatic N) is 2. The van der Waals surface area contributed by atoms with Crippen LogP contribution in [-0.2, 0) is 13.1 Å². The van der Waals surface area contributed by atoms with Crippen molar-refractivity contribution in [3.8, 4) is 11.1 Å². The average Bonchev–Trinajstić information content (AvgIpc) is 2.87. The highest BCUT2D eigenvalue weighted by Crippen LogP contribution is 2.22. The van der Waals surface area contributed by atoms with Gasteiger partial charge in [-0.2, -0.15) is 5.10 Å². The molecule has 0 saturated heterocycles. The second-order valence-corrected chi connectivity index (χ2v) is 5.33. The van der Waals surface area contributed by atoms with Gasteiger partial charge in [0.2, 0.25) is 0 Å². The van der Waals surface area contributed by atoms with Gasteiger partial charge in [0.1, 0.15) is 5.82 Å². The van der Waals surface area contributed by atoms with Gasteiger partial charge in [0, 0.05) is 36.5 Å². The molecule has 4 heteroatoms. The first-order valence-electron chi connectivity index (χ1n) is 7.14. The van der Waals surface area contributed by atoms with E-state index in [1.165, 1.54) is 6.07 Å². The third-order valence-corrected chi connectivity index (χ3v) is 3.17. The van der Waals surface area contributed by atoms with Gasteiger partial charge >= 0.3 is 0 Å². The predicted molar refractivity (Wildman–Crippen MR) is 79.9 cm³/mol. The molecule has 0 unspecified atom stereocenters. The molecule has 1 aromatic carbocycles. The molecule has 0 bridgehead atoms. The lowest BCUT2D eigenvalue weighted by atomic mass is 10.1. The Morgan fingerprint density at radius 3 is 2.80 bits per heavy atom. The molecule has 0 radical (unpaired) electrons. The average molecular weight is 275 g/mol. The molecule has 2 aromatic rings. The number of halogens is 1. The van der Waals surface area contributed by atoms with Crippen LogP contribution in [0.15, 0.2) is 30.6 Å². The highest BCUT2D eigenvalue weighted by molar-refractivity contribution is 5.62. The summed E-state index contributed by atoms with van der Waals surface area (Å²) in [5.41, 5.74) is 2.73. The molecule has 0 aliphatic heterocycles. The molecule has 0 aliphatic carbocycles. The van der Waals surface area contributed by atoms with Crippen LogP contribution in [-0.4, -0.2) is 15.8 Å². The van der Waals surface area contributed by atoms with Crippen LogP contribution in [0.3, 0.4) is 0 Å². The molecular formula is C16H22FN3. The molecule has 0 amide bonds. The van der Waals surface area contributed by atoms with Crippen LogP contribution in [0.2, 0.25) is 0 Å². The standard InChI is InChI=1S/C16H22FN3/c1-4-7-20-11-15(10-19-20)13-5-6-16(17)14(8-13)9-18-12(2)3/h5-6,8,10-12,18H,4,7,9H2,1-3H3. The van der Waals surface area contributed by atoms with Gasteiger partial charge in [-0.15, -0.1) is 0 Å². The Morgan fingerprint density at radius 2 is 2.10 bits per heavy atom. The molecule has 1 N–H and O–H groups in total. The maximum absolute atomic E-state index is 13.8. The summed E-state index contributed by atoms with van der Waals surface area (Å²) in [4.78, 5) is 0. The summed E-state index contributed by atoms with van der Waals surface area (Å²) in [5, 5.41) is 7.56. The molecule has 0 aliphatic rings. The van der Waals surface area contributed by atoms with Gasteiger partial charge in [0.05, 0.1) is 6.20 Å². The van der Waals surface area contributed by atoms with Crippen molar-refractivity contribution in [2.45, 2.75) is 46.3 Å². The third kappa shape index (κ3) is 3.67. The molecule has 0 fully saturated rings. The van der Waals surface area contributed by atoms with Gasteiger partial charge in [0.25, 0.3) is 0 Å². The van der Waals surface area contributed by atoms with E-state index in [1.807, 2.05) is 29.2 Å². The topological polar surface area (TPSA) is 29.9 Å². The van der Waals surface area contributed by atoms with E-state index in [4.69, 9.17) is 0 Å². The van der Waals surface area contributed by atoms with Gasteiger partial charge < -0.3 is 5.32 Å². The van der Waals surface area contributed by atoms with Crippen LogP contribution in [0.1, 0.15) is 32.8 Å². The highest BCUT2D eigenvalue weighted by atomic mass is 19.1. The highest BCUT2D eigenvalue weighted by Gasteiger charge is 2.07. The molecular weight excluding hydrogens is 253 g/mol. The van der Waals surface area contributed by atoms with E-state index in [9.17, 15) is 4.39 Å². The number of hydrogen-bond donors (Lipinski definition) is 1. The molecule has 3 nitrogen and oxygen atoms in total. The lowest BCUT2D eigenvalue weighted by Crippen LogP contribution is -2.22. The number of aryl methyl sites for hydroxylation is 1. The normalized spacial score (nSPS) is 11.2. The first-order valence-corrected chi connectivity index (χ1v) is 7.14. The maximum atomic E-state index is 13.8. The van der Waals surface area contributed by atoms with Crippen LogP contribution < -0.4 is 5.32 Å². The summed E-state index contributed by atoms with van der Waals surface area (Å²) >= 11 is 0. The Balaban J connectivity index is 2.20. The first kappa shape index (κ1) is 14.7. The number of aromatic nitrogens is 2. The Labute approximate surface area is 119 Å². The fourth-order valence-corrected chi connectivity index (χ4v) is 2.07. The fourth-order valence-electron chi connectivity index (χ4n) is 2.07. The smallest absolute Gasteiger partial charge is 0.127 e. The molecule has 1 aromatic heterocycles. The van der Waals surface area contributed by atoms with E-state index >= 15 is 0 Å². The summed E-state index contributed by atoms with van der Waals surface area (Å²) < 4.78 is 15.7. The number of nitrogens with one attached hydrogen (secondary N) is 1. The van der Waals surface area contributed by atoms with Gasteiger partial charge in [-0.1, -0.05) is 26.8 Å². The summed E-state index contributed by atoms with van der Waals surface area (Å²) in [5.74, 6) is -0.164. The monoisotopic (exact) mass is 275 g/mol. The van der Waals surface area contributed by atoms with Crippen molar-refractivity contribution in [3.63, 3.8) is 0 Å². The predicted octanol–water partition coefficient (Wildman–Crippen LogP) is 3.60. The van der Waals surface area contributed by atoms with Crippen molar-refractivity contribution in [2.75, 3.05) is 0 Å². The Bertz CT molecular complexity index is 561. The van der Waals surface area contributed by atoms with Crippen LogP contribution in [0.25, 0.3) is 11.1 Å². The minimum absolute atomic E-state index is 0.164. The van der Waals surface area contributed by atoms with Gasteiger partial charge in [0.15, 0.2) is 0 Å². The van der Waals surface area contributed by atoms with E-state index in [-0.39, 0.29) is 5.82 Å². The summed E-state index contributed by atoms with van der Waals surface area (Å²) in [6.45, 7) is 7.67.